The minimum absolute atomic E-state index is 0.0158. The van der Waals surface area contributed by atoms with Crippen LogP contribution in [0.2, 0.25) is 0 Å². The zero-order chi connectivity index (χ0) is 22.0. The molecule has 0 radical (unpaired) electrons. The lowest BCUT2D eigenvalue weighted by Crippen LogP contribution is -2.29. The second-order valence-corrected chi connectivity index (χ2v) is 8.03. The van der Waals surface area contributed by atoms with Gasteiger partial charge in [-0.05, 0) is 54.3 Å². The maximum absolute atomic E-state index is 13.0. The Morgan fingerprint density at radius 1 is 1.06 bits per heavy atom. The predicted molar refractivity (Wildman–Crippen MR) is 119 cm³/mol. The molecule has 1 atom stereocenters. The number of anilines is 1. The van der Waals surface area contributed by atoms with Crippen LogP contribution < -0.4 is 9.64 Å². The number of aromatic hydroxyl groups is 1. The number of benzene rings is 2. The van der Waals surface area contributed by atoms with Gasteiger partial charge in [0.05, 0.1) is 17.9 Å². The normalized spacial score (nSPS) is 17.8. The van der Waals surface area contributed by atoms with Crippen LogP contribution in [0.25, 0.3) is 5.76 Å². The van der Waals surface area contributed by atoms with Crippen LogP contribution in [0.4, 0.5) is 5.69 Å². The van der Waals surface area contributed by atoms with E-state index >= 15 is 0 Å². The van der Waals surface area contributed by atoms with Gasteiger partial charge >= 0.3 is 0 Å². The number of aliphatic hydroxyl groups is 1. The van der Waals surface area contributed by atoms with E-state index in [2.05, 4.69) is 0 Å². The molecule has 1 amide bonds. The standard InChI is InChI=1S/C24H21NO5S/c1-2-13-30-16-11-9-15(10-12-16)22(27)20-21(19-8-5-14-31-19)25(24(29)23(20)28)17-6-3-4-7-18(17)26/h3-12,14,21,26-27H,2,13H2,1H3/b22-20-. The van der Waals surface area contributed by atoms with Crippen LogP contribution in [0.5, 0.6) is 11.5 Å². The molecule has 4 rings (SSSR count). The lowest BCUT2D eigenvalue weighted by atomic mass is 9.99. The van der Waals surface area contributed by atoms with E-state index in [1.54, 1.807) is 48.5 Å². The van der Waals surface area contributed by atoms with Crippen molar-refractivity contribution in [1.29, 1.82) is 0 Å². The van der Waals surface area contributed by atoms with E-state index in [4.69, 9.17) is 4.74 Å². The van der Waals surface area contributed by atoms with Gasteiger partial charge in [0.15, 0.2) is 0 Å². The summed E-state index contributed by atoms with van der Waals surface area (Å²) in [5, 5.41) is 23.2. The molecule has 2 N–H and O–H groups in total. The van der Waals surface area contributed by atoms with Crippen LogP contribution in [0, 0.1) is 0 Å². The van der Waals surface area contributed by atoms with Crippen LogP contribution in [0.1, 0.15) is 29.8 Å². The number of Topliss-reactive ketones (excluding diaryl/α,β-unsaturated/α-hetero) is 1. The average molecular weight is 436 g/mol. The highest BCUT2D eigenvalue weighted by molar-refractivity contribution is 7.10. The van der Waals surface area contributed by atoms with Crippen molar-refractivity contribution in [3.63, 3.8) is 0 Å². The number of carbonyl (C=O) groups excluding carboxylic acids is 2. The van der Waals surface area contributed by atoms with Crippen LogP contribution in [0.3, 0.4) is 0 Å². The molecule has 2 heterocycles. The Kier molecular flexibility index (Phi) is 5.77. The molecule has 0 bridgehead atoms. The number of nitrogens with zero attached hydrogens (tertiary/aromatic N) is 1. The predicted octanol–water partition coefficient (Wildman–Crippen LogP) is 4.87. The van der Waals surface area contributed by atoms with Crippen molar-refractivity contribution in [2.24, 2.45) is 0 Å². The molecule has 0 aliphatic carbocycles. The van der Waals surface area contributed by atoms with Gasteiger partial charge in [-0.2, -0.15) is 0 Å². The lowest BCUT2D eigenvalue weighted by molar-refractivity contribution is -0.132. The molecule has 1 aliphatic heterocycles. The molecule has 1 aliphatic rings. The molecule has 0 spiro atoms. The molecule has 1 saturated heterocycles. The SMILES string of the molecule is CCCOc1ccc(/C(O)=C2/C(=O)C(=O)N(c3ccccc3O)C2c2cccs2)cc1. The summed E-state index contributed by atoms with van der Waals surface area (Å²) in [6, 6.07) is 15.8. The number of hydrogen-bond donors (Lipinski definition) is 2. The summed E-state index contributed by atoms with van der Waals surface area (Å²) in [6.45, 7) is 2.59. The van der Waals surface area contributed by atoms with E-state index < -0.39 is 17.7 Å². The second kappa shape index (κ2) is 8.65. The Bertz CT molecular complexity index is 1140. The zero-order valence-corrected chi connectivity index (χ0v) is 17.6. The Labute approximate surface area is 183 Å². The Hall–Kier alpha value is -3.58. The maximum Gasteiger partial charge on any atom is 0.300 e. The summed E-state index contributed by atoms with van der Waals surface area (Å²) in [6.07, 6.45) is 0.873. The molecule has 7 heteroatoms. The monoisotopic (exact) mass is 435 g/mol. The summed E-state index contributed by atoms with van der Waals surface area (Å²) in [7, 11) is 0. The second-order valence-electron chi connectivity index (χ2n) is 7.05. The molecular weight excluding hydrogens is 414 g/mol. The minimum atomic E-state index is -0.843. The van der Waals surface area contributed by atoms with Gasteiger partial charge in [0, 0.05) is 10.4 Å². The average Bonchev–Trinajstić information content (AvgIpc) is 3.40. The fourth-order valence-electron chi connectivity index (χ4n) is 3.55. The highest BCUT2D eigenvalue weighted by Crippen LogP contribution is 2.45. The van der Waals surface area contributed by atoms with E-state index in [0.717, 1.165) is 6.42 Å². The van der Waals surface area contributed by atoms with Crippen molar-refractivity contribution < 1.29 is 24.5 Å². The van der Waals surface area contributed by atoms with Crippen LogP contribution in [-0.4, -0.2) is 28.5 Å². The van der Waals surface area contributed by atoms with E-state index in [-0.39, 0.29) is 22.8 Å². The van der Waals surface area contributed by atoms with E-state index in [0.29, 0.717) is 22.8 Å². The van der Waals surface area contributed by atoms with E-state index in [1.165, 1.54) is 22.3 Å². The third-order valence-electron chi connectivity index (χ3n) is 5.00. The fourth-order valence-corrected chi connectivity index (χ4v) is 4.37. The third kappa shape index (κ3) is 3.80. The van der Waals surface area contributed by atoms with Crippen molar-refractivity contribution in [1.82, 2.24) is 0 Å². The van der Waals surface area contributed by atoms with Gasteiger partial charge in [-0.15, -0.1) is 11.3 Å². The number of hydrogen-bond acceptors (Lipinski definition) is 6. The molecule has 1 unspecified atom stereocenters. The van der Waals surface area contributed by atoms with Crippen molar-refractivity contribution in [2.75, 3.05) is 11.5 Å². The zero-order valence-electron chi connectivity index (χ0n) is 16.8. The summed E-state index contributed by atoms with van der Waals surface area (Å²) in [5.41, 5.74) is 0.601. The topological polar surface area (TPSA) is 87.1 Å². The van der Waals surface area contributed by atoms with Gasteiger partial charge in [0.1, 0.15) is 23.3 Å². The first-order chi connectivity index (χ1) is 15.0. The van der Waals surface area contributed by atoms with Gasteiger partial charge in [-0.3, -0.25) is 14.5 Å². The number of aliphatic hydroxyl groups excluding tert-OH is 1. The van der Waals surface area contributed by atoms with Gasteiger partial charge in [-0.1, -0.05) is 25.1 Å². The molecule has 3 aromatic rings. The molecule has 158 valence electrons. The molecule has 31 heavy (non-hydrogen) atoms. The van der Waals surface area contributed by atoms with Crippen molar-refractivity contribution in [3.05, 3.63) is 82.1 Å². The molecule has 1 aromatic heterocycles. The maximum atomic E-state index is 13.0. The number of ether oxygens (including phenoxy) is 1. The van der Waals surface area contributed by atoms with Crippen LogP contribution >= 0.6 is 11.3 Å². The Balaban J connectivity index is 1.83. The van der Waals surface area contributed by atoms with Crippen molar-refractivity contribution in [3.8, 4) is 11.5 Å². The van der Waals surface area contributed by atoms with Gasteiger partial charge in [-0.25, -0.2) is 0 Å². The summed E-state index contributed by atoms with van der Waals surface area (Å²) >= 11 is 1.36. The van der Waals surface area contributed by atoms with Crippen LogP contribution in [-0.2, 0) is 9.59 Å². The van der Waals surface area contributed by atoms with Gasteiger partial charge < -0.3 is 14.9 Å². The van der Waals surface area contributed by atoms with E-state index in [1.807, 2.05) is 18.4 Å². The Morgan fingerprint density at radius 2 is 1.81 bits per heavy atom. The summed E-state index contributed by atoms with van der Waals surface area (Å²) in [5.74, 6) is -1.34. The third-order valence-corrected chi connectivity index (χ3v) is 5.92. The molecular formula is C24H21NO5S. The number of amides is 1. The number of phenolic OH excluding ortho intramolecular Hbond substituents is 1. The lowest BCUT2D eigenvalue weighted by Gasteiger charge is -2.24. The number of carbonyl (C=O) groups is 2. The molecule has 2 aromatic carbocycles. The number of rotatable bonds is 6. The van der Waals surface area contributed by atoms with Gasteiger partial charge in [0.2, 0.25) is 0 Å². The number of phenols is 1. The summed E-state index contributed by atoms with van der Waals surface area (Å²) in [4.78, 5) is 27.9. The van der Waals surface area contributed by atoms with Crippen molar-refractivity contribution >= 4 is 34.5 Å². The Morgan fingerprint density at radius 3 is 2.45 bits per heavy atom. The largest absolute Gasteiger partial charge is 0.507 e. The minimum Gasteiger partial charge on any atom is -0.507 e. The first kappa shape index (κ1) is 20.7. The molecule has 6 nitrogen and oxygen atoms in total. The highest BCUT2D eigenvalue weighted by atomic mass is 32.1. The first-order valence-corrected chi connectivity index (χ1v) is 10.8. The first-order valence-electron chi connectivity index (χ1n) is 9.88. The van der Waals surface area contributed by atoms with E-state index in [9.17, 15) is 19.8 Å². The smallest absolute Gasteiger partial charge is 0.300 e. The molecule has 1 fully saturated rings. The number of thiophene rings is 1. The van der Waals surface area contributed by atoms with Crippen LogP contribution in [0.15, 0.2) is 71.6 Å². The number of ketones is 1. The van der Waals surface area contributed by atoms with Gasteiger partial charge in [0.25, 0.3) is 11.7 Å². The number of para-hydroxylation sites is 2. The molecule has 0 saturated carbocycles. The quantitative estimate of drug-likeness (QED) is 0.328. The highest BCUT2D eigenvalue weighted by Gasteiger charge is 2.48. The van der Waals surface area contributed by atoms with Crippen molar-refractivity contribution in [2.45, 2.75) is 19.4 Å². The summed E-state index contributed by atoms with van der Waals surface area (Å²) < 4.78 is 5.57. The fraction of sp³-hybridized carbons (Fsp3) is 0.167.